The molecule has 1 aliphatic carbocycles. The highest BCUT2D eigenvalue weighted by molar-refractivity contribution is 5.70. The molecule has 21 heavy (non-hydrogen) atoms. The van der Waals surface area contributed by atoms with Crippen LogP contribution in [-0.4, -0.2) is 24.0 Å². The summed E-state index contributed by atoms with van der Waals surface area (Å²) in [4.78, 5) is 22.2. The molecule has 1 aliphatic rings. The van der Waals surface area contributed by atoms with E-state index < -0.39 is 5.41 Å². The Bertz CT molecular complexity index is 494. The van der Waals surface area contributed by atoms with E-state index >= 15 is 0 Å². The molecule has 5 heteroatoms. The normalized spacial score (nSPS) is 24.1. The molecule has 0 heterocycles. The second kappa shape index (κ2) is 6.70. The third-order valence-corrected chi connectivity index (χ3v) is 4.10. The lowest BCUT2D eigenvalue weighted by Gasteiger charge is -2.44. The van der Waals surface area contributed by atoms with Crippen molar-refractivity contribution in [3.63, 3.8) is 0 Å². The van der Waals surface area contributed by atoms with Crippen molar-refractivity contribution in [3.8, 4) is 0 Å². The van der Waals surface area contributed by atoms with Gasteiger partial charge in [0.15, 0.2) is 0 Å². The van der Waals surface area contributed by atoms with Gasteiger partial charge < -0.3 is 4.74 Å². The van der Waals surface area contributed by atoms with Crippen LogP contribution in [0.5, 0.6) is 0 Å². The van der Waals surface area contributed by atoms with Crippen molar-refractivity contribution < 1.29 is 14.5 Å². The molecular weight excluding hydrogens is 270 g/mol. The zero-order chi connectivity index (χ0) is 15.3. The molecule has 0 atom stereocenters. The molecule has 1 aromatic carbocycles. The van der Waals surface area contributed by atoms with E-state index in [1.165, 1.54) is 5.56 Å². The third kappa shape index (κ3) is 4.28. The Morgan fingerprint density at radius 1 is 1.38 bits per heavy atom. The molecule has 0 unspecified atom stereocenters. The Hall–Kier alpha value is -1.91. The molecular formula is C16H21NO4. The molecule has 0 spiro atoms. The molecule has 1 saturated carbocycles. The summed E-state index contributed by atoms with van der Waals surface area (Å²) in [6, 6.07) is 10.1. The second-order valence-corrected chi connectivity index (χ2v) is 5.94. The van der Waals surface area contributed by atoms with Crippen LogP contribution in [0.1, 0.15) is 31.7 Å². The minimum absolute atomic E-state index is 0.142. The van der Waals surface area contributed by atoms with E-state index in [9.17, 15) is 14.9 Å². The fourth-order valence-corrected chi connectivity index (χ4v) is 3.38. The van der Waals surface area contributed by atoms with Crippen molar-refractivity contribution in [2.75, 3.05) is 13.2 Å². The number of ether oxygens (including phenoxy) is 1. The van der Waals surface area contributed by atoms with Gasteiger partial charge in [0, 0.05) is 10.3 Å². The lowest BCUT2D eigenvalue weighted by molar-refractivity contribution is -0.503. The number of carbonyl (C=O) groups excluding carboxylic acids is 1. The van der Waals surface area contributed by atoms with E-state index in [0.29, 0.717) is 12.5 Å². The molecule has 1 aromatic rings. The minimum Gasteiger partial charge on any atom is -0.466 e. The highest BCUT2D eigenvalue weighted by atomic mass is 16.6. The predicted octanol–water partition coefficient (Wildman–Crippen LogP) is 2.86. The van der Waals surface area contributed by atoms with Gasteiger partial charge in [-0.25, -0.2) is 0 Å². The lowest BCUT2D eigenvalue weighted by atomic mass is 9.59. The fourth-order valence-electron chi connectivity index (χ4n) is 3.38. The maximum Gasteiger partial charge on any atom is 0.306 e. The van der Waals surface area contributed by atoms with Gasteiger partial charge >= 0.3 is 5.97 Å². The molecule has 0 N–H and O–H groups in total. The van der Waals surface area contributed by atoms with Gasteiger partial charge in [-0.15, -0.1) is 0 Å². The standard InChI is InChI=1S/C16H21NO4/c1-2-21-15(18)11-16(12-17(19)20)9-14(10-16)8-13-6-4-3-5-7-13/h3-7,14H,2,8-12H2,1H3. The maximum atomic E-state index is 11.7. The van der Waals surface area contributed by atoms with Crippen LogP contribution in [0, 0.1) is 21.4 Å². The van der Waals surface area contributed by atoms with E-state index in [1.54, 1.807) is 6.92 Å². The summed E-state index contributed by atoms with van der Waals surface area (Å²) in [6.07, 6.45) is 2.53. The highest BCUT2D eigenvalue weighted by Crippen LogP contribution is 2.49. The number of nitrogens with zero attached hydrogens (tertiary/aromatic N) is 1. The summed E-state index contributed by atoms with van der Waals surface area (Å²) in [7, 11) is 0. The van der Waals surface area contributed by atoms with E-state index in [0.717, 1.165) is 19.3 Å². The molecule has 0 amide bonds. The van der Waals surface area contributed by atoms with Crippen molar-refractivity contribution in [2.45, 2.75) is 32.6 Å². The average molecular weight is 291 g/mol. The van der Waals surface area contributed by atoms with Gasteiger partial charge in [0.25, 0.3) is 0 Å². The van der Waals surface area contributed by atoms with Crippen molar-refractivity contribution in [1.29, 1.82) is 0 Å². The summed E-state index contributed by atoms with van der Waals surface area (Å²) in [6.45, 7) is 1.93. The zero-order valence-electron chi connectivity index (χ0n) is 12.3. The molecule has 0 bridgehead atoms. The van der Waals surface area contributed by atoms with Crippen molar-refractivity contribution in [1.82, 2.24) is 0 Å². The number of nitro groups is 1. The van der Waals surface area contributed by atoms with E-state index in [4.69, 9.17) is 4.74 Å². The van der Waals surface area contributed by atoms with Crippen LogP contribution < -0.4 is 0 Å². The molecule has 5 nitrogen and oxygen atoms in total. The summed E-state index contributed by atoms with van der Waals surface area (Å²) in [5, 5.41) is 10.9. The van der Waals surface area contributed by atoms with Crippen molar-refractivity contribution in [2.24, 2.45) is 11.3 Å². The Morgan fingerprint density at radius 3 is 2.62 bits per heavy atom. The van der Waals surface area contributed by atoms with Gasteiger partial charge in [-0.05, 0) is 37.7 Å². The molecule has 0 aromatic heterocycles. The second-order valence-electron chi connectivity index (χ2n) is 5.94. The summed E-state index contributed by atoms with van der Waals surface area (Å²) in [5.74, 6) is 0.0966. The Labute approximate surface area is 124 Å². The van der Waals surface area contributed by atoms with E-state index in [-0.39, 0.29) is 23.9 Å². The average Bonchev–Trinajstić information content (AvgIpc) is 2.37. The fraction of sp³-hybridized carbons (Fsp3) is 0.562. The third-order valence-electron chi connectivity index (χ3n) is 4.10. The van der Waals surface area contributed by atoms with E-state index in [2.05, 4.69) is 12.1 Å². The quantitative estimate of drug-likeness (QED) is 0.440. The monoisotopic (exact) mass is 291 g/mol. The van der Waals surface area contributed by atoms with Crippen LogP contribution in [0.3, 0.4) is 0 Å². The summed E-state index contributed by atoms with van der Waals surface area (Å²) >= 11 is 0. The Balaban J connectivity index is 1.92. The number of esters is 1. The number of hydrogen-bond acceptors (Lipinski definition) is 4. The van der Waals surface area contributed by atoms with Gasteiger partial charge in [0.1, 0.15) is 0 Å². The molecule has 0 radical (unpaired) electrons. The molecule has 0 saturated heterocycles. The van der Waals surface area contributed by atoms with Crippen LogP contribution in [0.25, 0.3) is 0 Å². The first-order chi connectivity index (χ1) is 10.0. The number of hydrogen-bond donors (Lipinski definition) is 0. The van der Waals surface area contributed by atoms with Gasteiger partial charge in [-0.2, -0.15) is 0 Å². The zero-order valence-corrected chi connectivity index (χ0v) is 12.3. The van der Waals surface area contributed by atoms with E-state index in [1.807, 2.05) is 18.2 Å². The molecule has 114 valence electrons. The summed E-state index contributed by atoms with van der Waals surface area (Å²) in [5.41, 5.74) is 0.739. The van der Waals surface area contributed by atoms with Gasteiger partial charge in [0.05, 0.1) is 13.0 Å². The predicted molar refractivity (Wildman–Crippen MR) is 78.4 cm³/mol. The lowest BCUT2D eigenvalue weighted by Crippen LogP contribution is -2.45. The number of carbonyl (C=O) groups is 1. The Kier molecular flexibility index (Phi) is 4.94. The SMILES string of the molecule is CCOC(=O)CC1(C[N+](=O)[O-])CC(Cc2ccccc2)C1. The van der Waals surface area contributed by atoms with Crippen LogP contribution in [0.2, 0.25) is 0 Å². The van der Waals surface area contributed by atoms with Gasteiger partial charge in [-0.1, -0.05) is 30.3 Å². The molecule has 0 aliphatic heterocycles. The van der Waals surface area contributed by atoms with Crippen molar-refractivity contribution in [3.05, 3.63) is 46.0 Å². The first kappa shape index (κ1) is 15.5. The largest absolute Gasteiger partial charge is 0.466 e. The maximum absolute atomic E-state index is 11.7. The Morgan fingerprint density at radius 2 is 2.05 bits per heavy atom. The number of rotatable bonds is 7. The van der Waals surface area contributed by atoms with Crippen LogP contribution in [0.4, 0.5) is 0 Å². The molecule has 1 fully saturated rings. The van der Waals surface area contributed by atoms with Crippen LogP contribution in [0.15, 0.2) is 30.3 Å². The first-order valence-electron chi connectivity index (χ1n) is 7.34. The van der Waals surface area contributed by atoms with Crippen molar-refractivity contribution >= 4 is 5.97 Å². The molecule has 2 rings (SSSR count). The smallest absolute Gasteiger partial charge is 0.306 e. The van der Waals surface area contributed by atoms with Crippen LogP contribution >= 0.6 is 0 Å². The van der Waals surface area contributed by atoms with Gasteiger partial charge in [0.2, 0.25) is 6.54 Å². The minimum atomic E-state index is -0.505. The number of benzene rings is 1. The summed E-state index contributed by atoms with van der Waals surface area (Å²) < 4.78 is 4.95. The highest BCUT2D eigenvalue weighted by Gasteiger charge is 2.49. The topological polar surface area (TPSA) is 69.4 Å². The first-order valence-corrected chi connectivity index (χ1v) is 7.34. The van der Waals surface area contributed by atoms with Crippen LogP contribution in [-0.2, 0) is 16.0 Å². The van der Waals surface area contributed by atoms with Gasteiger partial charge in [-0.3, -0.25) is 14.9 Å².